The van der Waals surface area contributed by atoms with Crippen LogP contribution >= 0.6 is 0 Å². The van der Waals surface area contributed by atoms with Gasteiger partial charge in [-0.1, -0.05) is 6.92 Å². The van der Waals surface area contributed by atoms with Crippen LogP contribution in [0, 0.1) is 0 Å². The van der Waals surface area contributed by atoms with Gasteiger partial charge in [-0.25, -0.2) is 0 Å². The van der Waals surface area contributed by atoms with Gasteiger partial charge in [0.1, 0.15) is 0 Å². The van der Waals surface area contributed by atoms with Crippen LogP contribution in [0.3, 0.4) is 0 Å². The molecule has 1 aromatic carbocycles. The molecule has 19 heavy (non-hydrogen) atoms. The van der Waals surface area contributed by atoms with Crippen molar-refractivity contribution in [1.82, 2.24) is 0 Å². The van der Waals surface area contributed by atoms with Gasteiger partial charge >= 0.3 is 0 Å². The van der Waals surface area contributed by atoms with E-state index in [0.717, 1.165) is 17.9 Å². The second kappa shape index (κ2) is 7.76. The molecule has 0 aromatic heterocycles. The van der Waals surface area contributed by atoms with E-state index in [9.17, 15) is 4.79 Å². The van der Waals surface area contributed by atoms with Gasteiger partial charge in [0.15, 0.2) is 0 Å². The van der Waals surface area contributed by atoms with Gasteiger partial charge in [0.05, 0.1) is 12.6 Å². The number of likely N-dealkylation sites (N-methyl/N-ethyl adjacent to an activating group) is 1. The molecule has 1 rings (SSSR count). The Morgan fingerprint density at radius 2 is 2.00 bits per heavy atom. The summed E-state index contributed by atoms with van der Waals surface area (Å²) in [6.45, 7) is 5.46. The van der Waals surface area contributed by atoms with Crippen molar-refractivity contribution in [3.63, 3.8) is 0 Å². The van der Waals surface area contributed by atoms with Crippen LogP contribution in [0.1, 0.15) is 20.3 Å². The second-order valence-electron chi connectivity index (χ2n) is 4.35. The highest BCUT2D eigenvalue weighted by Gasteiger charge is 2.11. The molecule has 106 valence electrons. The average molecular weight is 265 g/mol. The summed E-state index contributed by atoms with van der Waals surface area (Å²) in [5, 5.41) is 11.8. The van der Waals surface area contributed by atoms with E-state index in [-0.39, 0.29) is 12.5 Å². The third kappa shape index (κ3) is 4.54. The molecule has 1 atom stereocenters. The Balaban J connectivity index is 2.68. The third-order valence-corrected chi connectivity index (χ3v) is 3.03. The predicted octanol–water partition coefficient (Wildman–Crippen LogP) is 1.18. The van der Waals surface area contributed by atoms with Crippen LogP contribution in [0.5, 0.6) is 0 Å². The lowest BCUT2D eigenvalue weighted by atomic mass is 10.2. The third-order valence-electron chi connectivity index (χ3n) is 3.03. The van der Waals surface area contributed by atoms with Crippen molar-refractivity contribution in [2.75, 3.05) is 29.9 Å². The fraction of sp³-hybridized carbons (Fsp3) is 0.500. The Morgan fingerprint density at radius 3 is 2.47 bits per heavy atom. The SMILES string of the molecule is CCC(N)C(=O)Nc1ccc(N(CC)CCO)cc1. The highest BCUT2D eigenvalue weighted by atomic mass is 16.3. The molecule has 0 aliphatic heterocycles. The zero-order chi connectivity index (χ0) is 14.3. The first-order valence-corrected chi connectivity index (χ1v) is 6.64. The Kier molecular flexibility index (Phi) is 6.32. The largest absolute Gasteiger partial charge is 0.395 e. The lowest BCUT2D eigenvalue weighted by molar-refractivity contribution is -0.117. The number of amides is 1. The minimum absolute atomic E-state index is 0.123. The molecule has 4 N–H and O–H groups in total. The monoisotopic (exact) mass is 265 g/mol. The van der Waals surface area contributed by atoms with Crippen LogP contribution in [0.15, 0.2) is 24.3 Å². The molecule has 0 aliphatic rings. The summed E-state index contributed by atoms with van der Waals surface area (Å²) in [6.07, 6.45) is 0.615. The molecule has 0 radical (unpaired) electrons. The molecule has 1 aromatic rings. The normalized spacial score (nSPS) is 12.0. The first kappa shape index (κ1) is 15.5. The predicted molar refractivity (Wildman–Crippen MR) is 78.3 cm³/mol. The van der Waals surface area contributed by atoms with E-state index >= 15 is 0 Å². The Hall–Kier alpha value is -1.59. The summed E-state index contributed by atoms with van der Waals surface area (Å²) in [7, 11) is 0. The minimum Gasteiger partial charge on any atom is -0.395 e. The van der Waals surface area contributed by atoms with Gasteiger partial charge in [-0.15, -0.1) is 0 Å². The van der Waals surface area contributed by atoms with Crippen molar-refractivity contribution in [3.8, 4) is 0 Å². The maximum atomic E-state index is 11.6. The molecule has 5 heteroatoms. The molecular formula is C14H23N3O2. The van der Waals surface area contributed by atoms with Crippen LogP contribution in [-0.4, -0.2) is 36.8 Å². The van der Waals surface area contributed by atoms with Crippen molar-refractivity contribution in [1.29, 1.82) is 0 Å². The van der Waals surface area contributed by atoms with E-state index in [1.165, 1.54) is 0 Å². The lowest BCUT2D eigenvalue weighted by Crippen LogP contribution is -2.34. The summed E-state index contributed by atoms with van der Waals surface area (Å²) < 4.78 is 0. The smallest absolute Gasteiger partial charge is 0.241 e. The topological polar surface area (TPSA) is 78.6 Å². The molecule has 1 unspecified atom stereocenters. The number of carbonyl (C=O) groups excluding carboxylic acids is 1. The van der Waals surface area contributed by atoms with Gasteiger partial charge in [0.25, 0.3) is 0 Å². The maximum Gasteiger partial charge on any atom is 0.241 e. The number of aliphatic hydroxyl groups is 1. The highest BCUT2D eigenvalue weighted by molar-refractivity contribution is 5.94. The quantitative estimate of drug-likeness (QED) is 0.692. The van der Waals surface area contributed by atoms with Gasteiger partial charge in [0, 0.05) is 24.5 Å². The molecule has 0 heterocycles. The van der Waals surface area contributed by atoms with Crippen LogP contribution in [0.25, 0.3) is 0 Å². The van der Waals surface area contributed by atoms with E-state index in [2.05, 4.69) is 10.2 Å². The minimum atomic E-state index is -0.471. The summed E-state index contributed by atoms with van der Waals surface area (Å²) in [5.41, 5.74) is 7.41. The number of rotatable bonds is 7. The van der Waals surface area contributed by atoms with Gasteiger partial charge < -0.3 is 21.1 Å². The highest BCUT2D eigenvalue weighted by Crippen LogP contribution is 2.17. The number of aliphatic hydroxyl groups excluding tert-OH is 1. The molecule has 0 spiro atoms. The lowest BCUT2D eigenvalue weighted by Gasteiger charge is -2.22. The Bertz CT molecular complexity index is 392. The first-order chi connectivity index (χ1) is 9.12. The van der Waals surface area contributed by atoms with Gasteiger partial charge in [-0.2, -0.15) is 0 Å². The zero-order valence-corrected chi connectivity index (χ0v) is 11.6. The second-order valence-corrected chi connectivity index (χ2v) is 4.35. The summed E-state index contributed by atoms with van der Waals surface area (Å²) in [6, 6.07) is 7.06. The number of nitrogens with one attached hydrogen (secondary N) is 1. The fourth-order valence-corrected chi connectivity index (χ4v) is 1.77. The molecular weight excluding hydrogens is 242 g/mol. The van der Waals surface area contributed by atoms with Gasteiger partial charge in [-0.05, 0) is 37.6 Å². The van der Waals surface area contributed by atoms with Crippen LogP contribution in [-0.2, 0) is 4.79 Å². The van der Waals surface area contributed by atoms with Crippen molar-refractivity contribution in [2.45, 2.75) is 26.3 Å². The molecule has 0 bridgehead atoms. The average Bonchev–Trinajstić information content (AvgIpc) is 2.44. The number of hydrogen-bond acceptors (Lipinski definition) is 4. The van der Waals surface area contributed by atoms with Crippen LogP contribution in [0.2, 0.25) is 0 Å². The Labute approximate surface area is 114 Å². The van der Waals surface area contributed by atoms with Crippen LogP contribution < -0.4 is 16.0 Å². The van der Waals surface area contributed by atoms with E-state index in [0.29, 0.717) is 13.0 Å². The summed E-state index contributed by atoms with van der Waals surface area (Å²) in [4.78, 5) is 13.7. The number of carbonyl (C=O) groups is 1. The molecule has 0 saturated carbocycles. The number of benzene rings is 1. The van der Waals surface area contributed by atoms with E-state index in [1.54, 1.807) is 0 Å². The molecule has 0 aliphatic carbocycles. The number of nitrogens with zero attached hydrogens (tertiary/aromatic N) is 1. The fourth-order valence-electron chi connectivity index (χ4n) is 1.77. The number of anilines is 2. The van der Waals surface area contributed by atoms with Crippen LogP contribution in [0.4, 0.5) is 11.4 Å². The van der Waals surface area contributed by atoms with Crippen molar-refractivity contribution in [3.05, 3.63) is 24.3 Å². The molecule has 0 saturated heterocycles. The molecule has 5 nitrogen and oxygen atoms in total. The van der Waals surface area contributed by atoms with Crippen molar-refractivity contribution in [2.24, 2.45) is 5.73 Å². The molecule has 1 amide bonds. The summed E-state index contributed by atoms with van der Waals surface area (Å²) in [5.74, 6) is -0.169. The maximum absolute atomic E-state index is 11.6. The first-order valence-electron chi connectivity index (χ1n) is 6.64. The standard InChI is InChI=1S/C14H23N3O2/c1-3-13(15)14(19)16-11-5-7-12(8-6-11)17(4-2)9-10-18/h5-8,13,18H,3-4,9-10,15H2,1-2H3,(H,16,19). The van der Waals surface area contributed by atoms with Gasteiger partial charge in [0.2, 0.25) is 5.91 Å². The Morgan fingerprint density at radius 1 is 1.37 bits per heavy atom. The number of nitrogens with two attached hydrogens (primary N) is 1. The van der Waals surface area contributed by atoms with E-state index < -0.39 is 6.04 Å². The van der Waals surface area contributed by atoms with Crippen molar-refractivity contribution >= 4 is 17.3 Å². The zero-order valence-electron chi connectivity index (χ0n) is 11.6. The van der Waals surface area contributed by atoms with E-state index in [4.69, 9.17) is 10.8 Å². The van der Waals surface area contributed by atoms with E-state index in [1.807, 2.05) is 38.1 Å². The molecule has 0 fully saturated rings. The number of hydrogen-bond donors (Lipinski definition) is 3. The van der Waals surface area contributed by atoms with Crippen molar-refractivity contribution < 1.29 is 9.90 Å². The summed E-state index contributed by atoms with van der Waals surface area (Å²) >= 11 is 0. The van der Waals surface area contributed by atoms with Gasteiger partial charge in [-0.3, -0.25) is 4.79 Å².